The second-order valence-electron chi connectivity index (χ2n) is 1.13. The smallest absolute Gasteiger partial charge is 0.185 e. The van der Waals surface area contributed by atoms with E-state index in [1.54, 1.807) is 12.1 Å². The van der Waals surface area contributed by atoms with Gasteiger partial charge in [-0.1, -0.05) is 0 Å². The second-order valence-corrected chi connectivity index (χ2v) is 1.13. The molecule has 1 heterocycles. The molecule has 1 aromatic heterocycles. The Bertz CT molecular complexity index is 145. The zero-order valence-corrected chi connectivity index (χ0v) is 5.75. The molecule has 44 valence electrons. The van der Waals surface area contributed by atoms with Gasteiger partial charge in [0, 0.05) is 0 Å². The van der Waals surface area contributed by atoms with Gasteiger partial charge in [0.15, 0.2) is 12.0 Å². The summed E-state index contributed by atoms with van der Waals surface area (Å²) in [5, 5.41) is 0. The Balaban J connectivity index is 0.000000490. The molecule has 0 radical (unpaired) electrons. The summed E-state index contributed by atoms with van der Waals surface area (Å²) < 4.78 is 4.61. The Morgan fingerprint density at radius 3 is 2.62 bits per heavy atom. The third-order valence-electron chi connectivity index (χ3n) is 0.659. The van der Waals surface area contributed by atoms with Crippen LogP contribution in [-0.2, 0) is 0 Å². The van der Waals surface area contributed by atoms with Gasteiger partial charge >= 0.3 is 0 Å². The molecule has 1 aromatic rings. The van der Waals surface area contributed by atoms with Crippen molar-refractivity contribution in [2.45, 2.75) is 0 Å². The molecule has 0 aliphatic heterocycles. The minimum absolute atomic E-state index is 0. The van der Waals surface area contributed by atoms with Gasteiger partial charge in [0.1, 0.15) is 0 Å². The fourth-order valence-electron chi connectivity index (χ4n) is 0.358. The number of carbonyl (C=O) groups excluding carboxylic acids is 1. The van der Waals surface area contributed by atoms with Crippen LogP contribution in [0.2, 0.25) is 0 Å². The average Bonchev–Trinajstić information content (AvgIpc) is 2.14. The number of hydrogen-bond acceptors (Lipinski definition) is 2. The van der Waals surface area contributed by atoms with Gasteiger partial charge in [0.2, 0.25) is 0 Å². The van der Waals surface area contributed by atoms with E-state index in [4.69, 9.17) is 0 Å². The maximum Gasteiger partial charge on any atom is 0.185 e. The lowest BCUT2D eigenvalue weighted by Crippen LogP contribution is -1.65. The van der Waals surface area contributed by atoms with E-state index in [-0.39, 0.29) is 17.0 Å². The molecule has 0 saturated heterocycles. The maximum atomic E-state index is 9.77. The van der Waals surface area contributed by atoms with Crippen LogP contribution in [0.1, 0.15) is 10.6 Å². The molecule has 0 amide bonds. The van der Waals surface area contributed by atoms with E-state index in [9.17, 15) is 4.79 Å². The zero-order valence-electron chi connectivity index (χ0n) is 4.03. The third kappa shape index (κ3) is 1.50. The van der Waals surface area contributed by atoms with Crippen molar-refractivity contribution < 1.29 is 9.21 Å². The lowest BCUT2D eigenvalue weighted by Gasteiger charge is -1.68. The highest BCUT2D eigenvalue weighted by Crippen LogP contribution is 1.92. The lowest BCUT2D eigenvalue weighted by atomic mass is 10.5. The van der Waals surface area contributed by atoms with E-state index in [1.807, 2.05) is 0 Å². The number of rotatable bonds is 1. The highest BCUT2D eigenvalue weighted by molar-refractivity contribution is 8.93. The number of halogens is 1. The first-order chi connectivity index (χ1) is 3.43. The summed E-state index contributed by atoms with van der Waals surface area (Å²) >= 11 is 0. The number of carbonyl (C=O) groups is 1. The molecule has 0 aromatic carbocycles. The van der Waals surface area contributed by atoms with Crippen LogP contribution in [0, 0.1) is 0 Å². The van der Waals surface area contributed by atoms with Crippen molar-refractivity contribution in [2.75, 3.05) is 0 Å². The van der Waals surface area contributed by atoms with E-state index in [1.165, 1.54) is 6.26 Å². The fraction of sp³-hybridized carbons (Fsp3) is 0. The Labute approximate surface area is 57.3 Å². The van der Waals surface area contributed by atoms with Crippen molar-refractivity contribution in [3.8, 4) is 0 Å². The zero-order chi connectivity index (χ0) is 5.11. The van der Waals surface area contributed by atoms with Gasteiger partial charge in [0.05, 0.1) is 6.26 Å². The standard InChI is InChI=1S/C5H4O2.BrH/c6-4-5-2-1-3-7-5;/h1-4H;1H. The maximum absolute atomic E-state index is 9.77. The molecule has 0 aliphatic carbocycles. The van der Waals surface area contributed by atoms with E-state index in [2.05, 4.69) is 4.42 Å². The average molecular weight is 177 g/mol. The van der Waals surface area contributed by atoms with Crippen LogP contribution in [-0.4, -0.2) is 6.29 Å². The Morgan fingerprint density at radius 1 is 1.62 bits per heavy atom. The molecule has 0 aliphatic rings. The van der Waals surface area contributed by atoms with Crippen LogP contribution < -0.4 is 0 Å². The first-order valence-corrected chi connectivity index (χ1v) is 1.92. The summed E-state index contributed by atoms with van der Waals surface area (Å²) in [6.07, 6.45) is 2.13. The van der Waals surface area contributed by atoms with Crippen molar-refractivity contribution in [1.82, 2.24) is 0 Å². The number of hydrogen-bond donors (Lipinski definition) is 0. The Hall–Kier alpha value is -0.570. The van der Waals surface area contributed by atoms with Gasteiger partial charge < -0.3 is 4.42 Å². The summed E-state index contributed by atoms with van der Waals surface area (Å²) in [6, 6.07) is 3.27. The van der Waals surface area contributed by atoms with Crippen molar-refractivity contribution in [3.63, 3.8) is 0 Å². The van der Waals surface area contributed by atoms with Gasteiger partial charge in [-0.2, -0.15) is 0 Å². The van der Waals surface area contributed by atoms with Gasteiger partial charge in [-0.25, -0.2) is 0 Å². The van der Waals surface area contributed by atoms with Crippen LogP contribution in [0.3, 0.4) is 0 Å². The molecule has 0 bridgehead atoms. The van der Waals surface area contributed by atoms with Crippen molar-refractivity contribution in [3.05, 3.63) is 24.2 Å². The predicted octanol–water partition coefficient (Wildman–Crippen LogP) is 1.67. The summed E-state index contributed by atoms with van der Waals surface area (Å²) in [4.78, 5) is 9.77. The molecule has 0 spiro atoms. The minimum Gasteiger partial charge on any atom is -0.462 e. The molecule has 3 heteroatoms. The molecule has 0 saturated carbocycles. The first kappa shape index (κ1) is 7.43. The monoisotopic (exact) mass is 176 g/mol. The van der Waals surface area contributed by atoms with Gasteiger partial charge in [-0.05, 0) is 12.1 Å². The molecule has 0 unspecified atom stereocenters. The van der Waals surface area contributed by atoms with Crippen LogP contribution in [0.15, 0.2) is 22.8 Å². The molecule has 1 rings (SSSR count). The highest BCUT2D eigenvalue weighted by Gasteiger charge is 1.84. The van der Waals surface area contributed by atoms with Gasteiger partial charge in [-0.3, -0.25) is 4.79 Å². The Morgan fingerprint density at radius 2 is 2.38 bits per heavy atom. The second kappa shape index (κ2) is 3.43. The quantitative estimate of drug-likeness (QED) is 0.610. The first-order valence-electron chi connectivity index (χ1n) is 1.92. The van der Waals surface area contributed by atoms with E-state index >= 15 is 0 Å². The van der Waals surface area contributed by atoms with Crippen molar-refractivity contribution in [1.29, 1.82) is 0 Å². The minimum atomic E-state index is 0. The van der Waals surface area contributed by atoms with Gasteiger partial charge in [0.25, 0.3) is 0 Å². The lowest BCUT2D eigenvalue weighted by molar-refractivity contribution is 0.110. The fourth-order valence-corrected chi connectivity index (χ4v) is 0.358. The summed E-state index contributed by atoms with van der Waals surface area (Å²) in [5.41, 5.74) is 0. The predicted molar refractivity (Wildman–Crippen MR) is 34.4 cm³/mol. The van der Waals surface area contributed by atoms with E-state index in [0.29, 0.717) is 12.0 Å². The SMILES string of the molecule is Br.O=Cc1ccco1. The summed E-state index contributed by atoms with van der Waals surface area (Å²) in [5.74, 6) is 0.375. The largest absolute Gasteiger partial charge is 0.462 e. The van der Waals surface area contributed by atoms with Crippen LogP contribution in [0.25, 0.3) is 0 Å². The summed E-state index contributed by atoms with van der Waals surface area (Å²) in [7, 11) is 0. The third-order valence-corrected chi connectivity index (χ3v) is 0.659. The molecule has 0 atom stereocenters. The number of furan rings is 1. The van der Waals surface area contributed by atoms with E-state index in [0.717, 1.165) is 0 Å². The van der Waals surface area contributed by atoms with Crippen LogP contribution in [0.5, 0.6) is 0 Å². The van der Waals surface area contributed by atoms with Gasteiger partial charge in [-0.15, -0.1) is 17.0 Å². The molecule has 8 heavy (non-hydrogen) atoms. The van der Waals surface area contributed by atoms with Crippen LogP contribution in [0.4, 0.5) is 0 Å². The number of aldehydes is 1. The summed E-state index contributed by atoms with van der Waals surface area (Å²) in [6.45, 7) is 0. The molecular weight excluding hydrogens is 172 g/mol. The molecule has 0 fully saturated rings. The topological polar surface area (TPSA) is 30.2 Å². The Kier molecular flexibility index (Phi) is 3.19. The molecule has 0 N–H and O–H groups in total. The molecule has 2 nitrogen and oxygen atoms in total. The van der Waals surface area contributed by atoms with Crippen molar-refractivity contribution >= 4 is 23.3 Å². The van der Waals surface area contributed by atoms with Crippen LogP contribution >= 0.6 is 17.0 Å². The van der Waals surface area contributed by atoms with E-state index < -0.39 is 0 Å². The highest BCUT2D eigenvalue weighted by atomic mass is 79.9. The molecular formula is C5H5BrO2. The van der Waals surface area contributed by atoms with Crippen molar-refractivity contribution in [2.24, 2.45) is 0 Å². The normalized spacial score (nSPS) is 7.50.